The van der Waals surface area contributed by atoms with Crippen LogP contribution in [0.25, 0.3) is 22.6 Å². The molecule has 7 heteroatoms. The first-order valence-corrected chi connectivity index (χ1v) is 13.6. The molecule has 0 bridgehead atoms. The van der Waals surface area contributed by atoms with Gasteiger partial charge in [0.1, 0.15) is 6.61 Å². The lowest BCUT2D eigenvalue weighted by molar-refractivity contribution is 0.0473. The molecular weight excluding hydrogens is 484 g/mol. The summed E-state index contributed by atoms with van der Waals surface area (Å²) >= 11 is 0. The Balaban J connectivity index is 1.48. The molecule has 0 amide bonds. The van der Waals surface area contributed by atoms with E-state index in [2.05, 4.69) is 37.3 Å². The van der Waals surface area contributed by atoms with Crippen molar-refractivity contribution in [3.63, 3.8) is 0 Å². The average Bonchev–Trinajstić information content (AvgIpc) is 3.29. The summed E-state index contributed by atoms with van der Waals surface area (Å²) in [5.74, 6) is -0.438. The van der Waals surface area contributed by atoms with E-state index in [-0.39, 0.29) is 11.5 Å². The molecule has 1 aromatic heterocycles. The quantitative estimate of drug-likeness (QED) is 0.313. The fourth-order valence-electron chi connectivity index (χ4n) is 4.60. The topological polar surface area (TPSA) is 76.6 Å². The van der Waals surface area contributed by atoms with Crippen LogP contribution in [0.4, 0.5) is 0 Å². The van der Waals surface area contributed by atoms with Crippen LogP contribution in [0.15, 0.2) is 77.7 Å². The standard InChI is InChI=1S/C30H28N2O4S/c1-20-11-13-21(14-12-20)17-23-15-16-26-28(25-9-4-5-10-27(25)31-29(23)26)30(33)36-19-22-7-6-8-24(18-22)37(34,35)32(2)3/h4-14,17-18H,15-16,19H2,1-3H3. The smallest absolute Gasteiger partial charge is 0.339 e. The Bertz CT molecular complexity index is 1640. The SMILES string of the molecule is Cc1ccc(C=C2CCc3c2nc2ccccc2c3C(=O)OCc2cccc(S(=O)(=O)N(C)C)c2)cc1. The van der Waals surface area contributed by atoms with E-state index in [1.54, 1.807) is 18.2 Å². The molecular formula is C30H28N2O4S. The number of aromatic nitrogens is 1. The monoisotopic (exact) mass is 512 g/mol. The Kier molecular flexibility index (Phi) is 6.67. The summed E-state index contributed by atoms with van der Waals surface area (Å²) in [6.07, 6.45) is 3.63. The number of sulfonamides is 1. The van der Waals surface area contributed by atoms with Crippen molar-refractivity contribution in [3.05, 3.63) is 106 Å². The van der Waals surface area contributed by atoms with E-state index in [0.717, 1.165) is 44.0 Å². The lowest BCUT2D eigenvalue weighted by Gasteiger charge is -2.14. The first-order valence-electron chi connectivity index (χ1n) is 12.1. The number of nitrogens with zero attached hydrogens (tertiary/aromatic N) is 2. The van der Waals surface area contributed by atoms with Gasteiger partial charge < -0.3 is 4.74 Å². The van der Waals surface area contributed by atoms with Crippen molar-refractivity contribution < 1.29 is 17.9 Å². The Morgan fingerprint density at radius 3 is 2.51 bits per heavy atom. The third-order valence-corrected chi connectivity index (χ3v) is 8.42. The van der Waals surface area contributed by atoms with Gasteiger partial charge in [-0.2, -0.15) is 0 Å². The van der Waals surface area contributed by atoms with Gasteiger partial charge in [0.2, 0.25) is 10.0 Å². The summed E-state index contributed by atoms with van der Waals surface area (Å²) in [6, 6.07) is 22.4. The minimum Gasteiger partial charge on any atom is -0.457 e. The molecule has 0 fully saturated rings. The van der Waals surface area contributed by atoms with Crippen LogP contribution in [-0.2, 0) is 27.8 Å². The van der Waals surface area contributed by atoms with Gasteiger partial charge in [-0.05, 0) is 66.3 Å². The van der Waals surface area contributed by atoms with E-state index >= 15 is 0 Å². The first kappa shape index (κ1) is 24.9. The molecule has 0 unspecified atom stereocenters. The molecule has 0 spiro atoms. The van der Waals surface area contributed by atoms with Crippen LogP contribution in [0.2, 0.25) is 0 Å². The zero-order valence-electron chi connectivity index (χ0n) is 21.1. The van der Waals surface area contributed by atoms with Crippen LogP contribution in [0.5, 0.6) is 0 Å². The number of hydrogen-bond acceptors (Lipinski definition) is 5. The van der Waals surface area contributed by atoms with Gasteiger partial charge in [0, 0.05) is 19.5 Å². The number of rotatable bonds is 6. The summed E-state index contributed by atoms with van der Waals surface area (Å²) in [4.78, 5) is 18.6. The Labute approximate surface area is 217 Å². The molecule has 5 rings (SSSR count). The second kappa shape index (κ2) is 9.92. The third kappa shape index (κ3) is 4.92. The number of aryl methyl sites for hydroxylation is 1. The van der Waals surface area contributed by atoms with Crippen molar-refractivity contribution in [2.75, 3.05) is 14.1 Å². The maximum atomic E-state index is 13.5. The van der Waals surface area contributed by atoms with Crippen molar-refractivity contribution in [2.45, 2.75) is 31.3 Å². The molecule has 0 atom stereocenters. The van der Waals surface area contributed by atoms with Crippen LogP contribution in [-0.4, -0.2) is 37.8 Å². The summed E-state index contributed by atoms with van der Waals surface area (Å²) in [5, 5.41) is 0.756. The molecule has 1 heterocycles. The number of carbonyl (C=O) groups excluding carboxylic acids is 1. The molecule has 3 aromatic carbocycles. The maximum absolute atomic E-state index is 13.5. The molecule has 1 aliphatic rings. The predicted octanol–water partition coefficient (Wildman–Crippen LogP) is 5.64. The molecule has 0 saturated heterocycles. The Morgan fingerprint density at radius 2 is 1.76 bits per heavy atom. The average molecular weight is 513 g/mol. The number of pyridine rings is 1. The highest BCUT2D eigenvalue weighted by Gasteiger charge is 2.28. The van der Waals surface area contributed by atoms with Crippen LogP contribution < -0.4 is 0 Å². The highest BCUT2D eigenvalue weighted by Crippen LogP contribution is 2.38. The van der Waals surface area contributed by atoms with Gasteiger partial charge in [0.25, 0.3) is 0 Å². The highest BCUT2D eigenvalue weighted by molar-refractivity contribution is 7.89. The zero-order valence-corrected chi connectivity index (χ0v) is 21.9. The van der Waals surface area contributed by atoms with Gasteiger partial charge in [0.15, 0.2) is 0 Å². The van der Waals surface area contributed by atoms with E-state index < -0.39 is 16.0 Å². The number of esters is 1. The minimum atomic E-state index is -3.58. The van der Waals surface area contributed by atoms with E-state index in [0.29, 0.717) is 17.5 Å². The third-order valence-electron chi connectivity index (χ3n) is 6.61. The van der Waals surface area contributed by atoms with Crippen molar-refractivity contribution in [2.24, 2.45) is 0 Å². The van der Waals surface area contributed by atoms with Crippen LogP contribution in [0.1, 0.15) is 44.7 Å². The minimum absolute atomic E-state index is 0.0346. The summed E-state index contributed by atoms with van der Waals surface area (Å²) in [5.41, 5.74) is 7.00. The zero-order chi connectivity index (χ0) is 26.2. The largest absolute Gasteiger partial charge is 0.457 e. The molecule has 37 heavy (non-hydrogen) atoms. The fraction of sp³-hybridized carbons (Fsp3) is 0.200. The van der Waals surface area contributed by atoms with Gasteiger partial charge in [-0.3, -0.25) is 0 Å². The van der Waals surface area contributed by atoms with Crippen molar-refractivity contribution in [1.82, 2.24) is 9.29 Å². The molecule has 6 nitrogen and oxygen atoms in total. The van der Waals surface area contributed by atoms with Crippen molar-refractivity contribution in [3.8, 4) is 0 Å². The molecule has 1 aliphatic carbocycles. The van der Waals surface area contributed by atoms with Crippen LogP contribution in [0, 0.1) is 6.92 Å². The van der Waals surface area contributed by atoms with E-state index in [1.807, 2.05) is 24.3 Å². The number of carbonyl (C=O) groups is 1. The van der Waals surface area contributed by atoms with Crippen LogP contribution in [0.3, 0.4) is 0 Å². The van der Waals surface area contributed by atoms with E-state index in [4.69, 9.17) is 9.72 Å². The number of hydrogen-bond donors (Lipinski definition) is 0. The molecule has 0 N–H and O–H groups in total. The van der Waals surface area contributed by atoms with E-state index in [1.165, 1.54) is 25.7 Å². The second-order valence-electron chi connectivity index (χ2n) is 9.42. The maximum Gasteiger partial charge on any atom is 0.339 e. The Morgan fingerprint density at radius 1 is 1.00 bits per heavy atom. The lowest BCUT2D eigenvalue weighted by atomic mass is 10.0. The molecule has 0 saturated carbocycles. The van der Waals surface area contributed by atoms with Gasteiger partial charge in [0.05, 0.1) is 21.7 Å². The van der Waals surface area contributed by atoms with E-state index in [9.17, 15) is 13.2 Å². The molecule has 0 aliphatic heterocycles. The summed E-state index contributed by atoms with van der Waals surface area (Å²) in [6.45, 7) is 2.03. The molecule has 188 valence electrons. The normalized spacial score (nSPS) is 14.3. The fourth-order valence-corrected chi connectivity index (χ4v) is 5.58. The van der Waals surface area contributed by atoms with Gasteiger partial charge >= 0.3 is 5.97 Å². The van der Waals surface area contributed by atoms with Gasteiger partial charge in [-0.15, -0.1) is 0 Å². The second-order valence-corrected chi connectivity index (χ2v) is 11.6. The highest BCUT2D eigenvalue weighted by atomic mass is 32.2. The number of para-hydroxylation sites is 1. The van der Waals surface area contributed by atoms with Crippen molar-refractivity contribution in [1.29, 1.82) is 0 Å². The number of allylic oxidation sites excluding steroid dienone is 1. The van der Waals surface area contributed by atoms with Gasteiger partial charge in [-0.25, -0.2) is 22.5 Å². The Hall–Kier alpha value is -3.81. The number of ether oxygens (including phenoxy) is 1. The molecule has 0 radical (unpaired) electrons. The lowest BCUT2D eigenvalue weighted by Crippen LogP contribution is -2.22. The first-order chi connectivity index (χ1) is 17.7. The number of fused-ring (bicyclic) bond motifs is 2. The van der Waals surface area contributed by atoms with Crippen molar-refractivity contribution >= 4 is 38.5 Å². The summed E-state index contributed by atoms with van der Waals surface area (Å²) < 4.78 is 31.9. The predicted molar refractivity (Wildman–Crippen MR) is 146 cm³/mol. The number of benzene rings is 3. The molecule has 4 aromatic rings. The summed E-state index contributed by atoms with van der Waals surface area (Å²) in [7, 11) is -0.613. The van der Waals surface area contributed by atoms with Crippen LogP contribution >= 0.6 is 0 Å². The van der Waals surface area contributed by atoms with Gasteiger partial charge in [-0.1, -0.05) is 60.2 Å².